The number of benzene rings is 1. The highest BCUT2D eigenvalue weighted by molar-refractivity contribution is 7.93. The maximum atomic E-state index is 13.2. The first kappa shape index (κ1) is 27.5. The molecule has 1 fully saturated rings. The van der Waals surface area contributed by atoms with Crippen LogP contribution in [0.3, 0.4) is 0 Å². The average Bonchev–Trinajstić information content (AvgIpc) is 3.06. The molecule has 0 aliphatic carbocycles. The van der Waals surface area contributed by atoms with Crippen molar-refractivity contribution in [2.75, 3.05) is 26.7 Å². The van der Waals surface area contributed by atoms with Crippen LogP contribution in [0.15, 0.2) is 65.4 Å². The van der Waals surface area contributed by atoms with E-state index in [0.29, 0.717) is 38.2 Å². The number of amides is 1. The molecule has 188 valence electrons. The van der Waals surface area contributed by atoms with Crippen molar-refractivity contribution in [1.29, 1.82) is 0 Å². The second kappa shape index (κ2) is 12.6. The lowest BCUT2D eigenvalue weighted by Crippen LogP contribution is -2.50. The molecule has 0 saturated carbocycles. The molecular weight excluding hydrogens is 454 g/mol. The number of carbonyl (C=O) groups is 1. The van der Waals surface area contributed by atoms with Crippen molar-refractivity contribution in [2.24, 2.45) is 0 Å². The van der Waals surface area contributed by atoms with Crippen molar-refractivity contribution in [3.63, 3.8) is 0 Å². The Morgan fingerprint density at radius 3 is 2.50 bits per heavy atom. The van der Waals surface area contributed by atoms with E-state index in [1.165, 1.54) is 7.11 Å². The Kier molecular flexibility index (Phi) is 10.2. The molecule has 2 N–H and O–H groups in total. The largest absolute Gasteiger partial charge is 0.483 e. The summed E-state index contributed by atoms with van der Waals surface area (Å²) in [6, 6.07) is 9.50. The fourth-order valence-electron chi connectivity index (χ4n) is 3.88. The number of rotatable bonds is 10. The smallest absolute Gasteiger partial charge is 0.410 e. The number of methoxy groups -OCH3 is 1. The maximum absolute atomic E-state index is 13.2. The van der Waals surface area contributed by atoms with E-state index in [1.807, 2.05) is 50.3 Å². The zero-order chi connectivity index (χ0) is 25.2. The Morgan fingerprint density at radius 2 is 1.88 bits per heavy atom. The van der Waals surface area contributed by atoms with Crippen molar-refractivity contribution >= 4 is 16.1 Å². The molecule has 1 aliphatic rings. The van der Waals surface area contributed by atoms with Crippen LogP contribution in [0.25, 0.3) is 0 Å². The van der Waals surface area contributed by atoms with E-state index in [9.17, 15) is 13.2 Å². The summed E-state index contributed by atoms with van der Waals surface area (Å²) in [4.78, 5) is 14.3. The molecule has 0 spiro atoms. The second-order valence-electron chi connectivity index (χ2n) is 8.29. The minimum absolute atomic E-state index is 0.00977. The third-order valence-electron chi connectivity index (χ3n) is 6.14. The standard InChI is InChI=1S/C25H37N3O5S/c1-6-20(3)25(27-34(30,31)21(4)18-26-23(7-2)32-5)14-11-16-28(17-15-25)24(29)33-19-22-12-9-8-10-13-22/h6-10,12-13,26-27H,4,11,14-19H2,1-3,5H3/b20-6+,23-7+. The molecule has 8 nitrogen and oxygen atoms in total. The van der Waals surface area contributed by atoms with Crippen molar-refractivity contribution in [1.82, 2.24) is 14.9 Å². The second-order valence-corrected chi connectivity index (χ2v) is 10.1. The zero-order valence-electron chi connectivity index (χ0n) is 20.6. The van der Waals surface area contributed by atoms with E-state index in [0.717, 1.165) is 11.1 Å². The first-order valence-electron chi connectivity index (χ1n) is 11.4. The summed E-state index contributed by atoms with van der Waals surface area (Å²) in [7, 11) is -2.35. The van der Waals surface area contributed by atoms with Crippen LogP contribution in [0, 0.1) is 0 Å². The number of hydrogen-bond acceptors (Lipinski definition) is 6. The van der Waals surface area contributed by atoms with E-state index < -0.39 is 21.7 Å². The number of likely N-dealkylation sites (tertiary alicyclic amines) is 1. The topological polar surface area (TPSA) is 97.0 Å². The Morgan fingerprint density at radius 1 is 1.18 bits per heavy atom. The summed E-state index contributed by atoms with van der Waals surface area (Å²) in [5.41, 5.74) is 1.01. The number of allylic oxidation sites excluding steroid dienone is 2. The van der Waals surface area contributed by atoms with Crippen molar-refractivity contribution in [3.05, 3.63) is 71.0 Å². The Balaban J connectivity index is 2.09. The quantitative estimate of drug-likeness (QED) is 0.379. The monoisotopic (exact) mass is 491 g/mol. The van der Waals surface area contributed by atoms with Crippen LogP contribution >= 0.6 is 0 Å². The summed E-state index contributed by atoms with van der Waals surface area (Å²) < 4.78 is 39.8. The molecule has 0 bridgehead atoms. The van der Waals surface area contributed by atoms with Crippen molar-refractivity contribution in [2.45, 2.75) is 52.2 Å². The molecular formula is C25H37N3O5S. The zero-order valence-corrected chi connectivity index (χ0v) is 21.4. The summed E-state index contributed by atoms with van der Waals surface area (Å²) in [6.45, 7) is 10.4. The lowest BCUT2D eigenvalue weighted by molar-refractivity contribution is 0.0970. The Hall–Kier alpha value is -2.78. The SMILES string of the molecule is C=C(CN/C(=C\C)OC)S(=O)(=O)NC1(/C(C)=C/C)CCCN(C(=O)OCc2ccccc2)CC1. The van der Waals surface area contributed by atoms with Gasteiger partial charge in [-0.2, -0.15) is 0 Å². The van der Waals surface area contributed by atoms with Gasteiger partial charge in [-0.05, 0) is 51.7 Å². The van der Waals surface area contributed by atoms with Gasteiger partial charge in [0.2, 0.25) is 10.0 Å². The molecule has 1 aromatic carbocycles. The number of hydrogen-bond donors (Lipinski definition) is 2. The molecule has 1 amide bonds. The van der Waals surface area contributed by atoms with Gasteiger partial charge in [-0.3, -0.25) is 0 Å². The molecule has 1 heterocycles. The molecule has 1 aliphatic heterocycles. The fraction of sp³-hybridized carbons (Fsp3) is 0.480. The predicted molar refractivity (Wildman–Crippen MR) is 134 cm³/mol. The molecule has 0 aromatic heterocycles. The van der Waals surface area contributed by atoms with Crippen LogP contribution in [-0.2, 0) is 26.1 Å². The lowest BCUT2D eigenvalue weighted by Gasteiger charge is -2.35. The van der Waals surface area contributed by atoms with Crippen molar-refractivity contribution < 1.29 is 22.7 Å². The van der Waals surface area contributed by atoms with Crippen LogP contribution in [0.5, 0.6) is 0 Å². The van der Waals surface area contributed by atoms with Gasteiger partial charge in [0.05, 0.1) is 24.1 Å². The van der Waals surface area contributed by atoms with Crippen LogP contribution in [0.2, 0.25) is 0 Å². The summed E-state index contributed by atoms with van der Waals surface area (Å²) in [5, 5.41) is 2.92. The van der Waals surface area contributed by atoms with Gasteiger partial charge in [0.25, 0.3) is 0 Å². The van der Waals surface area contributed by atoms with Crippen LogP contribution in [0.4, 0.5) is 4.79 Å². The Bertz CT molecular complexity index is 1000. The van der Waals surface area contributed by atoms with Gasteiger partial charge in [0.1, 0.15) is 6.61 Å². The first-order valence-corrected chi connectivity index (χ1v) is 12.9. The number of ether oxygens (including phenoxy) is 2. The van der Waals surface area contributed by atoms with Crippen LogP contribution in [0.1, 0.15) is 45.6 Å². The molecule has 2 rings (SSSR count). The van der Waals surface area contributed by atoms with E-state index in [1.54, 1.807) is 17.9 Å². The lowest BCUT2D eigenvalue weighted by atomic mass is 9.84. The molecule has 0 radical (unpaired) electrons. The fourth-order valence-corrected chi connectivity index (χ4v) is 5.17. The van der Waals surface area contributed by atoms with E-state index in [2.05, 4.69) is 16.6 Å². The van der Waals surface area contributed by atoms with Gasteiger partial charge >= 0.3 is 6.09 Å². The van der Waals surface area contributed by atoms with Gasteiger partial charge in [0, 0.05) is 13.1 Å². The molecule has 1 aromatic rings. The summed E-state index contributed by atoms with van der Waals surface area (Å²) in [5.74, 6) is 0.467. The Labute approximate surface area is 203 Å². The minimum Gasteiger partial charge on any atom is -0.483 e. The summed E-state index contributed by atoms with van der Waals surface area (Å²) >= 11 is 0. The number of nitrogens with one attached hydrogen (secondary N) is 2. The van der Waals surface area contributed by atoms with Gasteiger partial charge in [0.15, 0.2) is 5.88 Å². The highest BCUT2D eigenvalue weighted by Gasteiger charge is 2.39. The predicted octanol–water partition coefficient (Wildman–Crippen LogP) is 4.04. The van der Waals surface area contributed by atoms with Crippen LogP contribution in [-0.4, -0.2) is 51.7 Å². The van der Waals surface area contributed by atoms with E-state index in [4.69, 9.17) is 9.47 Å². The third-order valence-corrected chi connectivity index (χ3v) is 7.71. The van der Waals surface area contributed by atoms with E-state index >= 15 is 0 Å². The van der Waals surface area contributed by atoms with Gasteiger partial charge in [-0.25, -0.2) is 17.9 Å². The molecule has 1 unspecified atom stereocenters. The number of nitrogens with zero attached hydrogens (tertiary/aromatic N) is 1. The molecule has 1 atom stereocenters. The normalized spacial score (nSPS) is 19.8. The van der Waals surface area contributed by atoms with Gasteiger partial charge in [-0.1, -0.05) is 48.6 Å². The molecule has 9 heteroatoms. The number of carbonyl (C=O) groups excluding carboxylic acids is 1. The average molecular weight is 492 g/mol. The van der Waals surface area contributed by atoms with Gasteiger partial charge < -0.3 is 19.7 Å². The van der Waals surface area contributed by atoms with Crippen LogP contribution < -0.4 is 10.0 Å². The maximum Gasteiger partial charge on any atom is 0.410 e. The van der Waals surface area contributed by atoms with Crippen molar-refractivity contribution in [3.8, 4) is 0 Å². The highest BCUT2D eigenvalue weighted by atomic mass is 32.2. The van der Waals surface area contributed by atoms with Gasteiger partial charge in [-0.15, -0.1) is 0 Å². The molecule has 34 heavy (non-hydrogen) atoms. The highest BCUT2D eigenvalue weighted by Crippen LogP contribution is 2.31. The molecule has 1 saturated heterocycles. The summed E-state index contributed by atoms with van der Waals surface area (Å²) in [6.07, 6.45) is 4.84. The number of sulfonamides is 1. The first-order chi connectivity index (χ1) is 16.2. The minimum atomic E-state index is -3.85. The van der Waals surface area contributed by atoms with E-state index in [-0.39, 0.29) is 18.1 Å². The third kappa shape index (κ3) is 7.36.